The van der Waals surface area contributed by atoms with Gasteiger partial charge in [0.15, 0.2) is 6.10 Å². The van der Waals surface area contributed by atoms with Crippen LogP contribution in [0.15, 0.2) is 48.5 Å². The molecule has 0 spiro atoms. The summed E-state index contributed by atoms with van der Waals surface area (Å²) in [4.78, 5) is 24.4. The van der Waals surface area contributed by atoms with Gasteiger partial charge in [-0.1, -0.05) is 37.1 Å². The first-order valence-electron chi connectivity index (χ1n) is 8.94. The molecule has 5 nitrogen and oxygen atoms in total. The molecule has 1 fully saturated rings. The Morgan fingerprint density at radius 2 is 1.54 bits per heavy atom. The van der Waals surface area contributed by atoms with Crippen LogP contribution in [-0.2, 0) is 9.53 Å². The number of benzene rings is 2. The molecule has 0 aliphatic heterocycles. The number of carbonyl (C=O) groups is 2. The van der Waals surface area contributed by atoms with Gasteiger partial charge in [-0.05, 0) is 55.2 Å². The lowest BCUT2D eigenvalue weighted by Crippen LogP contribution is -2.40. The number of aromatic hydroxyl groups is 1. The fourth-order valence-corrected chi connectivity index (χ4v) is 3.12. The molecular formula is C21H23NO4. The van der Waals surface area contributed by atoms with E-state index in [1.54, 1.807) is 43.3 Å². The predicted molar refractivity (Wildman–Crippen MR) is 98.8 cm³/mol. The number of phenols is 1. The number of carbonyl (C=O) groups excluding carboxylic acids is 2. The number of nitrogens with one attached hydrogen (secondary N) is 1. The largest absolute Gasteiger partial charge is 0.508 e. The van der Waals surface area contributed by atoms with E-state index in [9.17, 15) is 14.7 Å². The first kappa shape index (κ1) is 18.0. The third-order valence-electron chi connectivity index (χ3n) is 4.68. The molecule has 0 radical (unpaired) electrons. The zero-order valence-electron chi connectivity index (χ0n) is 14.8. The van der Waals surface area contributed by atoms with Crippen LogP contribution < -0.4 is 5.32 Å². The molecule has 1 aliphatic carbocycles. The number of ether oxygens (including phenoxy) is 1. The van der Waals surface area contributed by atoms with E-state index < -0.39 is 12.1 Å². The smallest absolute Gasteiger partial charge is 0.338 e. The Morgan fingerprint density at radius 1 is 1.00 bits per heavy atom. The zero-order chi connectivity index (χ0) is 18.5. The van der Waals surface area contributed by atoms with E-state index in [2.05, 4.69) is 5.32 Å². The fourth-order valence-electron chi connectivity index (χ4n) is 3.12. The second kappa shape index (κ2) is 8.04. The lowest BCUT2D eigenvalue weighted by molar-refractivity contribution is -0.129. The molecular weight excluding hydrogens is 330 g/mol. The van der Waals surface area contributed by atoms with Crippen molar-refractivity contribution in [3.05, 3.63) is 54.1 Å². The van der Waals surface area contributed by atoms with Gasteiger partial charge in [0.25, 0.3) is 5.91 Å². The van der Waals surface area contributed by atoms with Crippen molar-refractivity contribution in [1.82, 2.24) is 5.32 Å². The highest BCUT2D eigenvalue weighted by Gasteiger charge is 2.23. The van der Waals surface area contributed by atoms with Crippen molar-refractivity contribution in [2.75, 3.05) is 0 Å². The highest BCUT2D eigenvalue weighted by molar-refractivity contribution is 5.92. The van der Waals surface area contributed by atoms with Gasteiger partial charge in [-0.2, -0.15) is 0 Å². The number of phenolic OH excluding ortho intramolecular Hbond substituents is 1. The molecule has 136 valence electrons. The van der Waals surface area contributed by atoms with Crippen molar-refractivity contribution in [1.29, 1.82) is 0 Å². The monoisotopic (exact) mass is 353 g/mol. The molecule has 1 saturated carbocycles. The SMILES string of the molecule is C[C@@H](OC(=O)c1ccc(-c2ccc(O)cc2)cc1)C(=O)NC1CCCC1. The average molecular weight is 353 g/mol. The number of hydrogen-bond donors (Lipinski definition) is 2. The van der Waals surface area contributed by atoms with Crippen molar-refractivity contribution in [2.45, 2.75) is 44.8 Å². The van der Waals surface area contributed by atoms with Crippen LogP contribution in [0.1, 0.15) is 43.0 Å². The van der Waals surface area contributed by atoms with Crippen molar-refractivity contribution in [3.63, 3.8) is 0 Å². The maximum Gasteiger partial charge on any atom is 0.338 e. The summed E-state index contributed by atoms with van der Waals surface area (Å²) < 4.78 is 5.29. The Bertz CT molecular complexity index is 762. The molecule has 0 heterocycles. The minimum atomic E-state index is -0.820. The minimum absolute atomic E-state index is 0.202. The fraction of sp³-hybridized carbons (Fsp3) is 0.333. The van der Waals surface area contributed by atoms with E-state index >= 15 is 0 Å². The summed E-state index contributed by atoms with van der Waals surface area (Å²) in [6.07, 6.45) is 3.43. The molecule has 0 bridgehead atoms. The highest BCUT2D eigenvalue weighted by atomic mass is 16.5. The molecule has 0 unspecified atom stereocenters. The van der Waals surface area contributed by atoms with Crippen molar-refractivity contribution < 1.29 is 19.4 Å². The standard InChI is InChI=1S/C21H23NO4/c1-14(20(24)22-18-4-2-3-5-18)26-21(25)17-8-6-15(7-9-17)16-10-12-19(23)13-11-16/h6-14,18,23H,2-5H2,1H3,(H,22,24)/t14-/m1/s1. The molecule has 26 heavy (non-hydrogen) atoms. The summed E-state index contributed by atoms with van der Waals surface area (Å²) in [5.41, 5.74) is 2.26. The summed E-state index contributed by atoms with van der Waals surface area (Å²) in [5, 5.41) is 12.3. The molecule has 3 rings (SSSR count). The number of esters is 1. The van der Waals surface area contributed by atoms with Crippen LogP contribution in [-0.4, -0.2) is 29.1 Å². The van der Waals surface area contributed by atoms with Crippen LogP contribution in [0.5, 0.6) is 5.75 Å². The van der Waals surface area contributed by atoms with E-state index in [1.807, 2.05) is 12.1 Å². The Kier molecular flexibility index (Phi) is 5.56. The predicted octanol–water partition coefficient (Wildman–Crippen LogP) is 3.66. The molecule has 5 heteroatoms. The molecule has 2 aromatic rings. The first-order chi connectivity index (χ1) is 12.5. The van der Waals surface area contributed by atoms with E-state index in [0.717, 1.165) is 36.8 Å². The van der Waals surface area contributed by atoms with Crippen LogP contribution in [0.2, 0.25) is 0 Å². The topological polar surface area (TPSA) is 75.6 Å². The van der Waals surface area contributed by atoms with Gasteiger partial charge in [-0.3, -0.25) is 4.79 Å². The van der Waals surface area contributed by atoms with Crippen LogP contribution in [0.4, 0.5) is 0 Å². The van der Waals surface area contributed by atoms with Crippen LogP contribution in [0.3, 0.4) is 0 Å². The summed E-state index contributed by atoms with van der Waals surface area (Å²) in [6, 6.07) is 14.0. The summed E-state index contributed by atoms with van der Waals surface area (Å²) in [5.74, 6) is -0.555. The van der Waals surface area contributed by atoms with E-state index in [1.165, 1.54) is 0 Å². The van der Waals surface area contributed by atoms with E-state index in [-0.39, 0.29) is 17.7 Å². The Morgan fingerprint density at radius 3 is 2.12 bits per heavy atom. The molecule has 1 amide bonds. The zero-order valence-corrected chi connectivity index (χ0v) is 14.8. The average Bonchev–Trinajstić information content (AvgIpc) is 3.15. The number of hydrogen-bond acceptors (Lipinski definition) is 4. The molecule has 2 N–H and O–H groups in total. The Balaban J connectivity index is 1.58. The van der Waals surface area contributed by atoms with Gasteiger partial charge in [0, 0.05) is 6.04 Å². The third-order valence-corrected chi connectivity index (χ3v) is 4.68. The second-order valence-electron chi connectivity index (χ2n) is 6.66. The van der Waals surface area contributed by atoms with Gasteiger partial charge in [-0.25, -0.2) is 4.79 Å². The van der Waals surface area contributed by atoms with Crippen molar-refractivity contribution in [2.24, 2.45) is 0 Å². The van der Waals surface area contributed by atoms with Gasteiger partial charge in [0.05, 0.1) is 5.56 Å². The van der Waals surface area contributed by atoms with Crippen LogP contribution >= 0.6 is 0 Å². The lowest BCUT2D eigenvalue weighted by atomic mass is 10.0. The molecule has 1 aliphatic rings. The number of amides is 1. The van der Waals surface area contributed by atoms with E-state index in [0.29, 0.717) is 5.56 Å². The van der Waals surface area contributed by atoms with E-state index in [4.69, 9.17) is 4.74 Å². The normalized spacial score (nSPS) is 15.4. The van der Waals surface area contributed by atoms with Gasteiger partial charge < -0.3 is 15.2 Å². The maximum atomic E-state index is 12.3. The van der Waals surface area contributed by atoms with Gasteiger partial charge in [-0.15, -0.1) is 0 Å². The molecule has 0 saturated heterocycles. The van der Waals surface area contributed by atoms with Gasteiger partial charge in [0.2, 0.25) is 0 Å². The van der Waals surface area contributed by atoms with Gasteiger partial charge >= 0.3 is 5.97 Å². The summed E-state index contributed by atoms with van der Waals surface area (Å²) in [6.45, 7) is 1.59. The molecule has 2 aromatic carbocycles. The highest BCUT2D eigenvalue weighted by Crippen LogP contribution is 2.22. The molecule has 1 atom stereocenters. The minimum Gasteiger partial charge on any atom is -0.508 e. The quantitative estimate of drug-likeness (QED) is 0.804. The third kappa shape index (κ3) is 4.42. The maximum absolute atomic E-state index is 12.3. The summed E-state index contributed by atoms with van der Waals surface area (Å²) >= 11 is 0. The first-order valence-corrected chi connectivity index (χ1v) is 8.94. The second-order valence-corrected chi connectivity index (χ2v) is 6.66. The van der Waals surface area contributed by atoms with Crippen LogP contribution in [0.25, 0.3) is 11.1 Å². The van der Waals surface area contributed by atoms with Crippen molar-refractivity contribution in [3.8, 4) is 16.9 Å². The molecule has 0 aromatic heterocycles. The van der Waals surface area contributed by atoms with Crippen molar-refractivity contribution >= 4 is 11.9 Å². The Hall–Kier alpha value is -2.82. The summed E-state index contributed by atoms with van der Waals surface area (Å²) in [7, 11) is 0. The lowest BCUT2D eigenvalue weighted by Gasteiger charge is -2.17. The van der Waals surface area contributed by atoms with Gasteiger partial charge in [0.1, 0.15) is 5.75 Å². The Labute approximate surface area is 153 Å². The van der Waals surface area contributed by atoms with Crippen LogP contribution in [0, 0.1) is 0 Å². The number of rotatable bonds is 5.